The molecule has 0 spiro atoms. The lowest BCUT2D eigenvalue weighted by Gasteiger charge is -2.19. The van der Waals surface area contributed by atoms with E-state index in [1.54, 1.807) is 12.1 Å². The Kier molecular flexibility index (Phi) is 21.6. The molecule has 2 heterocycles. The van der Waals surface area contributed by atoms with Crippen LogP contribution in [0.5, 0.6) is 11.5 Å². The van der Waals surface area contributed by atoms with Gasteiger partial charge in [0.1, 0.15) is 23.1 Å². The second-order valence-corrected chi connectivity index (χ2v) is 24.9. The summed E-state index contributed by atoms with van der Waals surface area (Å²) < 4.78 is 13.1. The number of hydrogen-bond acceptors (Lipinski definition) is 4. The Morgan fingerprint density at radius 1 is 0.519 bits per heavy atom. The molecule has 3 atom stereocenters. The number of phenolic OH excluding ortho intramolecular Hbond substituents is 1. The molecule has 0 aliphatic rings. The Morgan fingerprint density at radius 2 is 1.03 bits per heavy atom. The third kappa shape index (κ3) is 14.2. The van der Waals surface area contributed by atoms with Crippen molar-refractivity contribution in [1.29, 1.82) is 0 Å². The van der Waals surface area contributed by atoms with Crippen LogP contribution in [0.15, 0.2) is 139 Å². The van der Waals surface area contributed by atoms with Crippen molar-refractivity contribution in [3.05, 3.63) is 139 Å². The van der Waals surface area contributed by atoms with E-state index in [9.17, 15) is 5.11 Å². The van der Waals surface area contributed by atoms with Crippen molar-refractivity contribution in [3.8, 4) is 34.3 Å². The van der Waals surface area contributed by atoms with Crippen LogP contribution < -0.4 is 4.74 Å². The second kappa shape index (κ2) is 28.2. The average molecular weight is 1350 g/mol. The summed E-state index contributed by atoms with van der Waals surface area (Å²) in [4.78, 5) is 13.8. The van der Waals surface area contributed by atoms with Gasteiger partial charge in [0.25, 0.3) is 0 Å². The van der Waals surface area contributed by atoms with Gasteiger partial charge in [-0.3, -0.25) is 0 Å². The number of alkyl halides is 1. The number of unbranched alkanes of at least 4 members (excludes halogenated alkanes) is 3. The van der Waals surface area contributed by atoms with E-state index in [0.717, 1.165) is 111 Å². The molecule has 3 unspecified atom stereocenters. The number of hydrogen-bond donors (Lipinski definition) is 2. The number of imidazole rings is 2. The van der Waals surface area contributed by atoms with Crippen LogP contribution in [0, 0.1) is 17.8 Å². The molecule has 404 valence electrons. The first-order valence-electron chi connectivity index (χ1n) is 27.9. The number of aromatic hydroxyl groups is 1. The summed E-state index contributed by atoms with van der Waals surface area (Å²) >= 11 is 18.2. The van der Waals surface area contributed by atoms with Gasteiger partial charge in [-0.1, -0.05) is 228 Å². The molecule has 0 fully saturated rings. The fraction of sp³-hybridized carbons (Fsp3) is 0.364. The zero-order chi connectivity index (χ0) is 54.6. The highest BCUT2D eigenvalue weighted by Gasteiger charge is 2.23. The third-order valence-corrected chi connectivity index (χ3v) is 18.1. The number of aromatic nitrogens is 4. The largest absolute Gasteiger partial charge is 0.508 e. The number of nitrogens with zero attached hydrogens (tertiary/aromatic N) is 3. The van der Waals surface area contributed by atoms with E-state index >= 15 is 0 Å². The van der Waals surface area contributed by atoms with Gasteiger partial charge in [-0.05, 0) is 131 Å². The van der Waals surface area contributed by atoms with E-state index in [4.69, 9.17) is 14.7 Å². The van der Waals surface area contributed by atoms with E-state index in [1.165, 1.54) is 102 Å². The Hall–Kier alpha value is -4.26. The van der Waals surface area contributed by atoms with Gasteiger partial charge in [0.15, 0.2) is 0 Å². The number of benzene rings is 8. The maximum Gasteiger partial charge on any atom is 0.141 e. The molecule has 0 aliphatic heterocycles. The normalized spacial score (nSPS) is 12.8. The zero-order valence-corrected chi connectivity index (χ0v) is 53.4. The lowest BCUT2D eigenvalue weighted by Crippen LogP contribution is -2.12. The molecule has 0 radical (unpaired) electrons. The number of fused-ring (bicyclic) bond motifs is 12. The average Bonchev–Trinajstić information content (AvgIpc) is 4.14. The van der Waals surface area contributed by atoms with Crippen molar-refractivity contribution >= 4 is 145 Å². The number of nitrogens with one attached hydrogen (secondary N) is 1. The van der Waals surface area contributed by atoms with Crippen molar-refractivity contribution in [2.75, 3.05) is 11.9 Å². The molecule has 10 aromatic rings. The maximum atomic E-state index is 9.81. The van der Waals surface area contributed by atoms with Gasteiger partial charge in [0.05, 0.1) is 28.7 Å². The predicted molar refractivity (Wildman–Crippen MR) is 348 cm³/mol. The summed E-state index contributed by atoms with van der Waals surface area (Å²) in [6.45, 7) is 15.4. The first-order chi connectivity index (χ1) is 37.4. The van der Waals surface area contributed by atoms with Crippen LogP contribution in [0.4, 0.5) is 0 Å². The zero-order valence-electron chi connectivity index (χ0n) is 45.5. The van der Waals surface area contributed by atoms with E-state index < -0.39 is 0 Å². The molecule has 10 rings (SSSR count). The highest BCUT2D eigenvalue weighted by atomic mass is 79.9. The highest BCUT2D eigenvalue weighted by Crippen LogP contribution is 2.42. The minimum Gasteiger partial charge on any atom is -0.508 e. The molecule has 77 heavy (non-hydrogen) atoms. The lowest BCUT2D eigenvalue weighted by molar-refractivity contribution is 0.233. The van der Waals surface area contributed by atoms with E-state index in [0.29, 0.717) is 11.8 Å². The number of halogens is 5. The molecule has 8 aromatic carbocycles. The highest BCUT2D eigenvalue weighted by molar-refractivity contribution is 9.11. The quantitative estimate of drug-likeness (QED) is 0.0589. The van der Waals surface area contributed by atoms with Crippen molar-refractivity contribution < 1.29 is 9.84 Å². The summed E-state index contributed by atoms with van der Waals surface area (Å²) in [5, 5.41) is 20.5. The Labute approximate surface area is 498 Å². The van der Waals surface area contributed by atoms with Crippen LogP contribution in [0.1, 0.15) is 119 Å². The Bertz CT molecular complexity index is 3510. The van der Waals surface area contributed by atoms with Gasteiger partial charge < -0.3 is 19.4 Å². The van der Waals surface area contributed by atoms with Crippen molar-refractivity contribution in [3.63, 3.8) is 0 Å². The Morgan fingerprint density at radius 3 is 1.60 bits per heavy atom. The summed E-state index contributed by atoms with van der Waals surface area (Å²) in [5.41, 5.74) is 6.16. The van der Waals surface area contributed by atoms with Crippen LogP contribution >= 0.6 is 79.6 Å². The van der Waals surface area contributed by atoms with Crippen molar-refractivity contribution in [2.45, 2.75) is 125 Å². The van der Waals surface area contributed by atoms with Crippen LogP contribution in [0.2, 0.25) is 0 Å². The van der Waals surface area contributed by atoms with E-state index in [2.05, 4.69) is 228 Å². The summed E-state index contributed by atoms with van der Waals surface area (Å²) in [7, 11) is 0. The number of aromatic amines is 1. The summed E-state index contributed by atoms with van der Waals surface area (Å²) in [6.07, 6.45) is 15.2. The molecule has 0 bridgehead atoms. The van der Waals surface area contributed by atoms with Crippen molar-refractivity contribution in [1.82, 2.24) is 19.5 Å². The van der Waals surface area contributed by atoms with Crippen LogP contribution in [0.3, 0.4) is 0 Å². The fourth-order valence-corrected chi connectivity index (χ4v) is 12.8. The number of ether oxygens (including phenoxy) is 1. The molecule has 2 N–H and O–H groups in total. The third-order valence-electron chi connectivity index (χ3n) is 15.2. The predicted octanol–water partition coefficient (Wildman–Crippen LogP) is 22.7. The van der Waals surface area contributed by atoms with Crippen LogP contribution in [-0.2, 0) is 6.54 Å². The van der Waals surface area contributed by atoms with E-state index in [-0.39, 0.29) is 5.75 Å². The summed E-state index contributed by atoms with van der Waals surface area (Å²) in [5.74, 6) is 5.02. The first kappa shape index (κ1) is 58.9. The SMILES string of the molecule is CCCCC(CC)CBr.CCCCC(CC)COc1cccc(-c2nc3c4cc(Br)ccc4c4ccc(Br)cc4c3n2CC(CC)CCCC)c1.Oc1cccc(-c2nc3c4cc(Br)ccc4c4ccc(Br)cc4c3[nH]2)c1. The van der Waals surface area contributed by atoms with Crippen molar-refractivity contribution in [2.24, 2.45) is 17.8 Å². The maximum absolute atomic E-state index is 9.81. The minimum atomic E-state index is 0.225. The fourth-order valence-electron chi connectivity index (χ4n) is 10.6. The van der Waals surface area contributed by atoms with Gasteiger partial charge in [0, 0.05) is 62.4 Å². The minimum absolute atomic E-state index is 0.225. The molecular formula is C66H73Br5N4O2. The number of phenols is 1. The van der Waals surface area contributed by atoms with Gasteiger partial charge in [0.2, 0.25) is 0 Å². The monoisotopic (exact) mass is 1350 g/mol. The number of H-pyrrole nitrogens is 1. The van der Waals surface area contributed by atoms with Gasteiger partial charge in [-0.2, -0.15) is 0 Å². The van der Waals surface area contributed by atoms with Crippen LogP contribution in [0.25, 0.3) is 87.9 Å². The number of rotatable bonds is 20. The molecule has 11 heteroatoms. The van der Waals surface area contributed by atoms with Crippen LogP contribution in [-0.4, -0.2) is 36.6 Å². The van der Waals surface area contributed by atoms with E-state index in [1.807, 2.05) is 12.1 Å². The summed E-state index contributed by atoms with van der Waals surface area (Å²) in [6, 6.07) is 41.6. The topological polar surface area (TPSA) is 76.0 Å². The smallest absolute Gasteiger partial charge is 0.141 e. The second-order valence-electron chi connectivity index (χ2n) is 20.6. The molecule has 6 nitrogen and oxygen atoms in total. The molecule has 2 aromatic heterocycles. The molecule has 0 saturated heterocycles. The lowest BCUT2D eigenvalue weighted by atomic mass is 9.97. The first-order valence-corrected chi connectivity index (χ1v) is 32.2. The van der Waals surface area contributed by atoms with Gasteiger partial charge in [-0.15, -0.1) is 0 Å². The molecule has 0 saturated carbocycles. The molecule has 0 aliphatic carbocycles. The van der Waals surface area contributed by atoms with Gasteiger partial charge >= 0.3 is 0 Å². The molecule has 0 amide bonds. The standard InChI is InChI=1S/C37H44Br2N2O.C21H12Br2N2O.C8H17Br/c1-5-9-12-25(7-3)23-41-36-34-22-29(39)17-19-32(34)31-18-16-28(38)21-33(31)35(36)40-37(41)27-14-11-15-30(20-27)42-24-26(8-4)13-10-6-2;22-12-4-6-15-16-7-5-13(23)10-18(16)20-19(17(15)9-12)24-21(25-20)11-2-1-3-14(26)8-11;1-3-5-6-8(4-2)7-9/h11,14-22,25-26H,5-10,12-13,23-24H2,1-4H3;1-10,26H,(H,24,25);8H,3-7H2,1-2H3. The van der Waals surface area contributed by atoms with Gasteiger partial charge in [-0.25, -0.2) is 9.97 Å². The Balaban J connectivity index is 0.000000189. The molecular weight excluding hydrogens is 1280 g/mol.